The molecule has 0 atom stereocenters. The maximum absolute atomic E-state index is 11.9. The molecule has 0 aliphatic heterocycles. The van der Waals surface area contributed by atoms with E-state index in [4.69, 9.17) is 0 Å². The molecule has 1 N–H and O–H groups in total. The molecule has 0 spiro atoms. The van der Waals surface area contributed by atoms with Gasteiger partial charge in [-0.1, -0.05) is 34.6 Å². The lowest BCUT2D eigenvalue weighted by Gasteiger charge is -2.33. The topological polar surface area (TPSA) is 32.3 Å². The predicted octanol–water partition coefficient (Wildman–Crippen LogP) is 3.05. The van der Waals surface area contributed by atoms with Gasteiger partial charge in [-0.15, -0.1) is 0 Å². The summed E-state index contributed by atoms with van der Waals surface area (Å²) in [7, 11) is 0. The van der Waals surface area contributed by atoms with Crippen molar-refractivity contribution in [1.82, 2.24) is 10.2 Å². The smallest absolute Gasteiger partial charge is 0.221 e. The summed E-state index contributed by atoms with van der Waals surface area (Å²) in [5.74, 6) is 0.163. The molecular weight excluding hydrogens is 224 g/mol. The van der Waals surface area contributed by atoms with E-state index in [0.717, 1.165) is 26.1 Å². The van der Waals surface area contributed by atoms with Crippen molar-refractivity contribution >= 4 is 5.91 Å². The monoisotopic (exact) mass is 256 g/mol. The standard InChI is InChI=1S/C15H32N2O/c1-8-17(9-2)11-10-13(18)16-15(6,7)12-14(3,4)5/h8-12H2,1-7H3,(H,16,18). The van der Waals surface area contributed by atoms with Crippen LogP contribution in [0, 0.1) is 5.41 Å². The van der Waals surface area contributed by atoms with E-state index in [1.54, 1.807) is 0 Å². The quantitative estimate of drug-likeness (QED) is 0.759. The number of amides is 1. The summed E-state index contributed by atoms with van der Waals surface area (Å²) in [6.45, 7) is 18.0. The lowest BCUT2D eigenvalue weighted by Crippen LogP contribution is -2.46. The molecule has 0 aliphatic rings. The van der Waals surface area contributed by atoms with Gasteiger partial charge in [0.2, 0.25) is 5.91 Å². The lowest BCUT2D eigenvalue weighted by molar-refractivity contribution is -0.123. The first-order valence-corrected chi connectivity index (χ1v) is 7.13. The third-order valence-corrected chi connectivity index (χ3v) is 3.00. The van der Waals surface area contributed by atoms with Crippen LogP contribution in [0.3, 0.4) is 0 Å². The molecule has 0 saturated carbocycles. The predicted molar refractivity (Wildman–Crippen MR) is 78.7 cm³/mol. The Kier molecular flexibility index (Phi) is 6.90. The fourth-order valence-corrected chi connectivity index (χ4v) is 2.61. The van der Waals surface area contributed by atoms with Crippen molar-refractivity contribution in [2.75, 3.05) is 19.6 Å². The highest BCUT2D eigenvalue weighted by atomic mass is 16.1. The minimum absolute atomic E-state index is 0.126. The zero-order chi connectivity index (χ0) is 14.4. The molecule has 0 unspecified atom stereocenters. The maximum Gasteiger partial charge on any atom is 0.221 e. The van der Waals surface area contributed by atoms with Gasteiger partial charge < -0.3 is 10.2 Å². The van der Waals surface area contributed by atoms with E-state index in [2.05, 4.69) is 58.7 Å². The number of hydrogen-bond acceptors (Lipinski definition) is 2. The second-order valence-corrected chi connectivity index (χ2v) is 6.95. The molecule has 3 heteroatoms. The Morgan fingerprint density at radius 2 is 1.56 bits per heavy atom. The molecule has 0 aromatic rings. The summed E-state index contributed by atoms with van der Waals surface area (Å²) in [6.07, 6.45) is 1.58. The lowest BCUT2D eigenvalue weighted by atomic mass is 9.82. The summed E-state index contributed by atoms with van der Waals surface area (Å²) in [5.41, 5.74) is 0.105. The van der Waals surface area contributed by atoms with Crippen molar-refractivity contribution in [1.29, 1.82) is 0 Å². The van der Waals surface area contributed by atoms with Gasteiger partial charge in [-0.25, -0.2) is 0 Å². The fraction of sp³-hybridized carbons (Fsp3) is 0.933. The average molecular weight is 256 g/mol. The first-order valence-electron chi connectivity index (χ1n) is 7.13. The van der Waals surface area contributed by atoms with Crippen molar-refractivity contribution in [3.05, 3.63) is 0 Å². The molecule has 0 bridgehead atoms. The number of nitrogens with one attached hydrogen (secondary N) is 1. The second kappa shape index (κ2) is 7.13. The van der Waals surface area contributed by atoms with Gasteiger partial charge in [0.15, 0.2) is 0 Å². The number of carbonyl (C=O) groups excluding carboxylic acids is 1. The zero-order valence-corrected chi connectivity index (χ0v) is 13.4. The van der Waals surface area contributed by atoms with Gasteiger partial charge in [0.05, 0.1) is 0 Å². The maximum atomic E-state index is 11.9. The molecule has 18 heavy (non-hydrogen) atoms. The molecule has 0 aliphatic carbocycles. The molecule has 0 rings (SSSR count). The summed E-state index contributed by atoms with van der Waals surface area (Å²) in [4.78, 5) is 14.2. The van der Waals surface area contributed by atoms with Crippen LogP contribution >= 0.6 is 0 Å². The van der Waals surface area contributed by atoms with E-state index in [0.29, 0.717) is 6.42 Å². The third-order valence-electron chi connectivity index (χ3n) is 3.00. The van der Waals surface area contributed by atoms with E-state index in [1.807, 2.05) is 0 Å². The minimum Gasteiger partial charge on any atom is -0.351 e. The highest BCUT2D eigenvalue weighted by molar-refractivity contribution is 5.76. The second-order valence-electron chi connectivity index (χ2n) is 6.95. The van der Waals surface area contributed by atoms with E-state index in [1.165, 1.54) is 0 Å². The Morgan fingerprint density at radius 1 is 1.06 bits per heavy atom. The fourth-order valence-electron chi connectivity index (χ4n) is 2.61. The van der Waals surface area contributed by atoms with Crippen LogP contribution in [-0.2, 0) is 4.79 Å². The number of rotatable bonds is 7. The van der Waals surface area contributed by atoms with Crippen LogP contribution in [0.15, 0.2) is 0 Å². The van der Waals surface area contributed by atoms with Crippen molar-refractivity contribution in [2.24, 2.45) is 5.41 Å². The molecule has 0 heterocycles. The van der Waals surface area contributed by atoms with Gasteiger partial charge in [0.25, 0.3) is 0 Å². The number of hydrogen-bond donors (Lipinski definition) is 1. The third kappa shape index (κ3) is 8.51. The van der Waals surface area contributed by atoms with Crippen molar-refractivity contribution in [2.45, 2.75) is 66.8 Å². The van der Waals surface area contributed by atoms with E-state index in [-0.39, 0.29) is 16.9 Å². The zero-order valence-electron chi connectivity index (χ0n) is 13.4. The Bertz CT molecular complexity index is 250. The van der Waals surface area contributed by atoms with Crippen LogP contribution in [0.4, 0.5) is 0 Å². The SMILES string of the molecule is CCN(CC)CCC(=O)NC(C)(C)CC(C)(C)C. The van der Waals surface area contributed by atoms with Crippen LogP contribution in [0.5, 0.6) is 0 Å². The van der Waals surface area contributed by atoms with Crippen LogP contribution in [0.2, 0.25) is 0 Å². The molecule has 0 fully saturated rings. The molecule has 3 nitrogen and oxygen atoms in total. The van der Waals surface area contributed by atoms with Gasteiger partial charge in [0.1, 0.15) is 0 Å². The highest BCUT2D eigenvalue weighted by Crippen LogP contribution is 2.26. The summed E-state index contributed by atoms with van der Waals surface area (Å²) in [5, 5.41) is 3.15. The number of carbonyl (C=O) groups is 1. The molecule has 0 aromatic heterocycles. The average Bonchev–Trinajstić information content (AvgIpc) is 2.14. The normalized spacial score (nSPS) is 12.9. The highest BCUT2D eigenvalue weighted by Gasteiger charge is 2.26. The van der Waals surface area contributed by atoms with Crippen LogP contribution in [-0.4, -0.2) is 36.0 Å². The summed E-state index contributed by atoms with van der Waals surface area (Å²) < 4.78 is 0. The Morgan fingerprint density at radius 3 is 1.94 bits per heavy atom. The van der Waals surface area contributed by atoms with Gasteiger partial charge in [0, 0.05) is 18.5 Å². The molecular formula is C15H32N2O. The van der Waals surface area contributed by atoms with E-state index < -0.39 is 0 Å². The molecule has 0 saturated heterocycles. The van der Waals surface area contributed by atoms with Crippen molar-refractivity contribution in [3.8, 4) is 0 Å². The van der Waals surface area contributed by atoms with Gasteiger partial charge in [-0.05, 0) is 38.8 Å². The molecule has 1 amide bonds. The molecule has 108 valence electrons. The van der Waals surface area contributed by atoms with Crippen molar-refractivity contribution < 1.29 is 4.79 Å². The summed E-state index contributed by atoms with van der Waals surface area (Å²) >= 11 is 0. The minimum atomic E-state index is -0.126. The first-order chi connectivity index (χ1) is 8.09. The number of nitrogens with zero attached hydrogens (tertiary/aromatic N) is 1. The summed E-state index contributed by atoms with van der Waals surface area (Å²) in [6, 6.07) is 0. The first kappa shape index (κ1) is 17.4. The largest absolute Gasteiger partial charge is 0.351 e. The van der Waals surface area contributed by atoms with Crippen LogP contribution in [0.25, 0.3) is 0 Å². The van der Waals surface area contributed by atoms with Crippen LogP contribution in [0.1, 0.15) is 61.3 Å². The van der Waals surface area contributed by atoms with E-state index >= 15 is 0 Å². The van der Waals surface area contributed by atoms with Gasteiger partial charge in [-0.3, -0.25) is 4.79 Å². The Hall–Kier alpha value is -0.570. The molecule has 0 aromatic carbocycles. The van der Waals surface area contributed by atoms with Crippen LogP contribution < -0.4 is 5.32 Å². The van der Waals surface area contributed by atoms with E-state index in [9.17, 15) is 4.79 Å². The Balaban J connectivity index is 4.14. The van der Waals surface area contributed by atoms with Crippen molar-refractivity contribution in [3.63, 3.8) is 0 Å². The van der Waals surface area contributed by atoms with Gasteiger partial charge >= 0.3 is 0 Å². The molecule has 0 radical (unpaired) electrons. The van der Waals surface area contributed by atoms with Gasteiger partial charge in [-0.2, -0.15) is 0 Å². The Labute approximate surface area is 113 Å².